The van der Waals surface area contributed by atoms with Gasteiger partial charge in [-0.05, 0) is 62.7 Å². The molecule has 1 atom stereocenters. The molecule has 146 valence electrons. The number of para-hydroxylation sites is 1. The molecule has 0 amide bonds. The van der Waals surface area contributed by atoms with Crippen LogP contribution in [-0.2, 0) is 6.54 Å². The van der Waals surface area contributed by atoms with Crippen LogP contribution in [0.4, 0.5) is 0 Å². The summed E-state index contributed by atoms with van der Waals surface area (Å²) in [6, 6.07) is 6.22. The fourth-order valence-electron chi connectivity index (χ4n) is 4.76. The van der Waals surface area contributed by atoms with Crippen molar-refractivity contribution in [3.8, 4) is 11.5 Å². The van der Waals surface area contributed by atoms with E-state index in [1.165, 1.54) is 64.0 Å². The van der Waals surface area contributed by atoms with Crippen LogP contribution in [0, 0.1) is 11.3 Å². The molecule has 0 N–H and O–H groups in total. The summed E-state index contributed by atoms with van der Waals surface area (Å²) in [4.78, 5) is 5.34. The minimum Gasteiger partial charge on any atom is -0.493 e. The lowest BCUT2D eigenvalue weighted by Gasteiger charge is -2.40. The summed E-state index contributed by atoms with van der Waals surface area (Å²) in [6.45, 7) is 11.8. The van der Waals surface area contributed by atoms with Gasteiger partial charge in [-0.25, -0.2) is 0 Å². The van der Waals surface area contributed by atoms with Gasteiger partial charge in [-0.3, -0.25) is 4.90 Å². The van der Waals surface area contributed by atoms with Crippen LogP contribution >= 0.6 is 0 Å². The van der Waals surface area contributed by atoms with Gasteiger partial charge in [0.05, 0.1) is 14.2 Å². The second kappa shape index (κ2) is 8.62. The molecule has 0 bridgehead atoms. The minimum absolute atomic E-state index is 0.501. The smallest absolute Gasteiger partial charge is 0.165 e. The van der Waals surface area contributed by atoms with Gasteiger partial charge >= 0.3 is 0 Å². The first-order chi connectivity index (χ1) is 12.5. The molecule has 4 heteroatoms. The van der Waals surface area contributed by atoms with Gasteiger partial charge in [-0.1, -0.05) is 26.0 Å². The Kier molecular flexibility index (Phi) is 6.46. The number of likely N-dealkylation sites (tertiary alicyclic amines) is 2. The number of nitrogens with zero attached hydrogens (tertiary/aromatic N) is 2. The lowest BCUT2D eigenvalue weighted by atomic mass is 9.79. The second-order valence-electron chi connectivity index (χ2n) is 8.68. The highest BCUT2D eigenvalue weighted by molar-refractivity contribution is 5.46. The maximum absolute atomic E-state index is 5.64. The molecule has 4 nitrogen and oxygen atoms in total. The third-order valence-electron chi connectivity index (χ3n) is 6.16. The largest absolute Gasteiger partial charge is 0.493 e. The Bertz CT molecular complexity index is 590. The van der Waals surface area contributed by atoms with E-state index in [0.29, 0.717) is 5.41 Å². The van der Waals surface area contributed by atoms with Crippen LogP contribution in [0.2, 0.25) is 0 Å². The fraction of sp³-hybridized carbons (Fsp3) is 0.727. The van der Waals surface area contributed by atoms with Crippen LogP contribution in [0.5, 0.6) is 11.5 Å². The van der Waals surface area contributed by atoms with Crippen molar-refractivity contribution in [3.05, 3.63) is 23.8 Å². The number of hydrogen-bond acceptors (Lipinski definition) is 4. The van der Waals surface area contributed by atoms with E-state index in [1.54, 1.807) is 14.2 Å². The quantitative estimate of drug-likeness (QED) is 0.733. The Hall–Kier alpha value is -1.26. The van der Waals surface area contributed by atoms with Crippen molar-refractivity contribution in [2.75, 3.05) is 46.9 Å². The van der Waals surface area contributed by atoms with Crippen molar-refractivity contribution >= 4 is 0 Å². The van der Waals surface area contributed by atoms with Gasteiger partial charge in [0.1, 0.15) is 0 Å². The normalized spacial score (nSPS) is 24.5. The van der Waals surface area contributed by atoms with Crippen LogP contribution in [0.3, 0.4) is 0 Å². The number of methoxy groups -OCH3 is 2. The summed E-state index contributed by atoms with van der Waals surface area (Å²) >= 11 is 0. The average Bonchev–Trinajstić information content (AvgIpc) is 3.02. The van der Waals surface area contributed by atoms with E-state index in [9.17, 15) is 0 Å². The molecule has 2 fully saturated rings. The molecule has 1 aromatic rings. The Morgan fingerprint density at radius 2 is 1.85 bits per heavy atom. The average molecular weight is 361 g/mol. The number of benzene rings is 1. The zero-order valence-electron chi connectivity index (χ0n) is 17.1. The standard InChI is InChI=1S/C22H36N2O2/c1-18(2)9-13-23-14-11-22(16-23)10-6-12-24(17-22)15-19-7-5-8-20(25-3)21(19)26-4/h5,7-8,18H,6,9-17H2,1-4H3/t22-/m1/s1. The summed E-state index contributed by atoms with van der Waals surface area (Å²) in [7, 11) is 3.45. The monoisotopic (exact) mass is 360 g/mol. The SMILES string of the molecule is COc1cccc(CN2CCC[C@]3(CCN(CCC(C)C)C3)C2)c1OC. The van der Waals surface area contributed by atoms with Crippen LogP contribution in [0.1, 0.15) is 45.1 Å². The number of rotatable bonds is 7. The first-order valence-electron chi connectivity index (χ1n) is 10.2. The second-order valence-corrected chi connectivity index (χ2v) is 8.68. The van der Waals surface area contributed by atoms with E-state index in [1.807, 2.05) is 6.07 Å². The maximum atomic E-state index is 5.64. The summed E-state index contributed by atoms with van der Waals surface area (Å²) in [5.74, 6) is 2.52. The predicted octanol–water partition coefficient (Wildman–Crippen LogP) is 4.04. The van der Waals surface area contributed by atoms with Crippen LogP contribution in [0.25, 0.3) is 0 Å². The molecule has 0 unspecified atom stereocenters. The molecule has 2 aliphatic rings. The van der Waals surface area contributed by atoms with Crippen molar-refractivity contribution in [2.45, 2.75) is 46.1 Å². The van der Waals surface area contributed by atoms with Crippen molar-refractivity contribution in [1.29, 1.82) is 0 Å². The van der Waals surface area contributed by atoms with E-state index in [0.717, 1.165) is 24.0 Å². The predicted molar refractivity (Wildman–Crippen MR) is 107 cm³/mol. The molecule has 0 saturated carbocycles. The minimum atomic E-state index is 0.501. The molecule has 2 heterocycles. The zero-order valence-corrected chi connectivity index (χ0v) is 17.1. The molecule has 1 spiro atoms. The van der Waals surface area contributed by atoms with E-state index in [-0.39, 0.29) is 0 Å². The molecule has 0 aromatic heterocycles. The fourth-order valence-corrected chi connectivity index (χ4v) is 4.76. The Balaban J connectivity index is 1.63. The molecule has 2 aliphatic heterocycles. The lowest BCUT2D eigenvalue weighted by molar-refractivity contribution is 0.0862. The van der Waals surface area contributed by atoms with Gasteiger partial charge in [-0.2, -0.15) is 0 Å². The Morgan fingerprint density at radius 3 is 2.58 bits per heavy atom. The molecule has 0 aliphatic carbocycles. The summed E-state index contributed by atoms with van der Waals surface area (Å²) < 4.78 is 11.1. The first kappa shape index (κ1) is 19.5. The van der Waals surface area contributed by atoms with Gasteiger partial charge in [0.25, 0.3) is 0 Å². The molecule has 1 aromatic carbocycles. The van der Waals surface area contributed by atoms with E-state index < -0.39 is 0 Å². The summed E-state index contributed by atoms with van der Waals surface area (Å²) in [6.07, 6.45) is 5.37. The molecular formula is C22H36N2O2. The van der Waals surface area contributed by atoms with Gasteiger partial charge in [0.15, 0.2) is 11.5 Å². The molecule has 26 heavy (non-hydrogen) atoms. The molecule has 3 rings (SSSR count). The van der Waals surface area contributed by atoms with Gasteiger partial charge < -0.3 is 14.4 Å². The highest BCUT2D eigenvalue weighted by atomic mass is 16.5. The number of ether oxygens (including phenoxy) is 2. The van der Waals surface area contributed by atoms with Crippen LogP contribution in [-0.4, -0.2) is 56.7 Å². The van der Waals surface area contributed by atoms with E-state index in [4.69, 9.17) is 9.47 Å². The number of hydrogen-bond donors (Lipinski definition) is 0. The number of piperidine rings is 1. The van der Waals surface area contributed by atoms with Gasteiger partial charge in [0, 0.05) is 25.2 Å². The van der Waals surface area contributed by atoms with E-state index >= 15 is 0 Å². The van der Waals surface area contributed by atoms with Gasteiger partial charge in [0.2, 0.25) is 0 Å². The maximum Gasteiger partial charge on any atom is 0.165 e. The Morgan fingerprint density at radius 1 is 1.04 bits per heavy atom. The first-order valence-corrected chi connectivity index (χ1v) is 10.2. The third-order valence-corrected chi connectivity index (χ3v) is 6.16. The van der Waals surface area contributed by atoms with Crippen molar-refractivity contribution in [3.63, 3.8) is 0 Å². The van der Waals surface area contributed by atoms with E-state index in [2.05, 4.69) is 35.8 Å². The molecule has 2 saturated heterocycles. The molecule has 0 radical (unpaired) electrons. The highest BCUT2D eigenvalue weighted by Gasteiger charge is 2.41. The summed E-state index contributed by atoms with van der Waals surface area (Å²) in [5.41, 5.74) is 1.74. The molecular weight excluding hydrogens is 324 g/mol. The Labute approximate surface area is 159 Å². The highest BCUT2D eigenvalue weighted by Crippen LogP contribution is 2.40. The third kappa shape index (κ3) is 4.52. The summed E-state index contributed by atoms with van der Waals surface area (Å²) in [5, 5.41) is 0. The van der Waals surface area contributed by atoms with Crippen molar-refractivity contribution in [1.82, 2.24) is 9.80 Å². The van der Waals surface area contributed by atoms with Crippen LogP contribution in [0.15, 0.2) is 18.2 Å². The topological polar surface area (TPSA) is 24.9 Å². The zero-order chi connectivity index (χ0) is 18.6. The van der Waals surface area contributed by atoms with Crippen LogP contribution < -0.4 is 9.47 Å². The van der Waals surface area contributed by atoms with Crippen molar-refractivity contribution < 1.29 is 9.47 Å². The van der Waals surface area contributed by atoms with Crippen molar-refractivity contribution in [2.24, 2.45) is 11.3 Å². The lowest BCUT2D eigenvalue weighted by Crippen LogP contribution is -2.44. The van der Waals surface area contributed by atoms with Gasteiger partial charge in [-0.15, -0.1) is 0 Å².